The minimum Gasteiger partial charge on any atom is -0.495 e. The van der Waals surface area contributed by atoms with Gasteiger partial charge in [0.15, 0.2) is 0 Å². The lowest BCUT2D eigenvalue weighted by Crippen LogP contribution is -2.30. The number of aryl methyl sites for hydroxylation is 1. The van der Waals surface area contributed by atoms with Crippen LogP contribution in [0.1, 0.15) is 33.9 Å². The van der Waals surface area contributed by atoms with Gasteiger partial charge in [-0.2, -0.15) is 0 Å². The number of methoxy groups -OCH3 is 2. The van der Waals surface area contributed by atoms with Crippen molar-refractivity contribution in [2.24, 2.45) is 0 Å². The van der Waals surface area contributed by atoms with E-state index in [1.165, 1.54) is 11.1 Å². The van der Waals surface area contributed by atoms with Crippen LogP contribution in [0.4, 0.5) is 0 Å². The lowest BCUT2D eigenvalue weighted by molar-refractivity contribution is 0.0730. The minimum atomic E-state index is -0.0409. The van der Waals surface area contributed by atoms with Gasteiger partial charge in [-0.15, -0.1) is 0 Å². The van der Waals surface area contributed by atoms with Gasteiger partial charge in [0.05, 0.1) is 20.3 Å². The summed E-state index contributed by atoms with van der Waals surface area (Å²) in [6.45, 7) is 0. The monoisotopic (exact) mass is 389 g/mol. The first kappa shape index (κ1) is 16.8. The van der Waals surface area contributed by atoms with Crippen LogP contribution in [0.2, 0.25) is 0 Å². The van der Waals surface area contributed by atoms with Crippen LogP contribution in [0.15, 0.2) is 40.9 Å². The molecule has 0 bridgehead atoms. The maximum atomic E-state index is 13.0. The lowest BCUT2D eigenvalue weighted by atomic mass is 10.1. The molecule has 1 atom stereocenters. The van der Waals surface area contributed by atoms with E-state index in [-0.39, 0.29) is 11.9 Å². The second-order valence-electron chi connectivity index (χ2n) is 5.86. The van der Waals surface area contributed by atoms with Crippen molar-refractivity contribution in [1.82, 2.24) is 4.90 Å². The Morgan fingerprint density at radius 2 is 1.79 bits per heavy atom. The van der Waals surface area contributed by atoms with Gasteiger partial charge < -0.3 is 14.4 Å². The van der Waals surface area contributed by atoms with Crippen LogP contribution in [0.3, 0.4) is 0 Å². The normalized spacial score (nSPS) is 15.8. The van der Waals surface area contributed by atoms with Crippen molar-refractivity contribution in [3.63, 3.8) is 0 Å². The maximum Gasteiger partial charge on any atom is 0.254 e. The van der Waals surface area contributed by atoms with Crippen molar-refractivity contribution in [1.29, 1.82) is 0 Å². The number of carbonyl (C=O) groups is 1. The van der Waals surface area contributed by atoms with Crippen molar-refractivity contribution >= 4 is 21.8 Å². The summed E-state index contributed by atoms with van der Waals surface area (Å²) in [6, 6.07) is 11.9. The Bertz CT molecular complexity index is 750. The molecule has 2 aromatic carbocycles. The van der Waals surface area contributed by atoms with Gasteiger partial charge >= 0.3 is 0 Å². The highest BCUT2D eigenvalue weighted by Crippen LogP contribution is 2.38. The summed E-state index contributed by atoms with van der Waals surface area (Å²) in [5, 5.41) is 0. The molecule has 4 nitrogen and oxygen atoms in total. The summed E-state index contributed by atoms with van der Waals surface area (Å²) >= 11 is 3.43. The number of ether oxygens (including phenoxy) is 2. The third kappa shape index (κ3) is 2.88. The van der Waals surface area contributed by atoms with Gasteiger partial charge in [-0.3, -0.25) is 4.79 Å². The first-order valence-corrected chi connectivity index (χ1v) is 8.62. The standard InChI is InChI=1S/C19H20BrNO3/c1-21(15-9-8-12-6-4-5-7-14(12)15)19(22)13-10-16(23-2)18(20)17(11-13)24-3/h4-7,10-11,15H,8-9H2,1-3H3. The van der Waals surface area contributed by atoms with E-state index in [0.717, 1.165) is 12.8 Å². The average Bonchev–Trinajstić information content (AvgIpc) is 3.04. The van der Waals surface area contributed by atoms with Crippen LogP contribution in [0.5, 0.6) is 11.5 Å². The van der Waals surface area contributed by atoms with Crippen LogP contribution in [0, 0.1) is 0 Å². The topological polar surface area (TPSA) is 38.8 Å². The van der Waals surface area contributed by atoms with Crippen LogP contribution in [0.25, 0.3) is 0 Å². The largest absolute Gasteiger partial charge is 0.495 e. The van der Waals surface area contributed by atoms with Gasteiger partial charge in [-0.05, 0) is 52.0 Å². The zero-order chi connectivity index (χ0) is 17.3. The quantitative estimate of drug-likeness (QED) is 0.785. The molecule has 0 radical (unpaired) electrons. The van der Waals surface area contributed by atoms with Crippen LogP contribution in [-0.4, -0.2) is 32.1 Å². The maximum absolute atomic E-state index is 13.0. The van der Waals surface area contributed by atoms with E-state index >= 15 is 0 Å². The van der Waals surface area contributed by atoms with Crippen molar-refractivity contribution in [3.05, 3.63) is 57.6 Å². The predicted octanol–water partition coefficient (Wildman–Crippen LogP) is 4.23. The molecule has 3 rings (SSSR count). The molecular weight excluding hydrogens is 370 g/mol. The Morgan fingerprint density at radius 3 is 2.42 bits per heavy atom. The Morgan fingerprint density at radius 1 is 1.17 bits per heavy atom. The second-order valence-corrected chi connectivity index (χ2v) is 6.66. The SMILES string of the molecule is COc1cc(C(=O)N(C)C2CCc3ccccc32)cc(OC)c1Br. The Kier molecular flexibility index (Phi) is 4.81. The third-order valence-corrected chi connectivity index (χ3v) is 5.36. The summed E-state index contributed by atoms with van der Waals surface area (Å²) in [5.74, 6) is 1.12. The number of halogens is 1. The third-order valence-electron chi connectivity index (χ3n) is 4.58. The van der Waals surface area contributed by atoms with E-state index in [4.69, 9.17) is 9.47 Å². The summed E-state index contributed by atoms with van der Waals surface area (Å²) in [6.07, 6.45) is 1.96. The van der Waals surface area contributed by atoms with Gasteiger partial charge in [0.25, 0.3) is 5.91 Å². The Balaban J connectivity index is 1.92. The molecule has 24 heavy (non-hydrogen) atoms. The number of hydrogen-bond donors (Lipinski definition) is 0. The molecule has 1 unspecified atom stereocenters. The molecule has 0 heterocycles. The second kappa shape index (κ2) is 6.85. The molecule has 2 aromatic rings. The first-order chi connectivity index (χ1) is 11.6. The number of rotatable bonds is 4. The number of fused-ring (bicyclic) bond motifs is 1. The zero-order valence-electron chi connectivity index (χ0n) is 14.0. The van der Waals surface area contributed by atoms with Crippen molar-refractivity contribution < 1.29 is 14.3 Å². The van der Waals surface area contributed by atoms with Gasteiger partial charge in [0.1, 0.15) is 16.0 Å². The van der Waals surface area contributed by atoms with Gasteiger partial charge in [0.2, 0.25) is 0 Å². The molecule has 0 saturated heterocycles. The molecular formula is C19H20BrNO3. The molecule has 5 heteroatoms. The Labute approximate surface area is 150 Å². The number of carbonyl (C=O) groups excluding carboxylic acids is 1. The summed E-state index contributed by atoms with van der Waals surface area (Å²) in [7, 11) is 5.01. The number of benzene rings is 2. The molecule has 1 amide bonds. The van der Waals surface area contributed by atoms with E-state index < -0.39 is 0 Å². The van der Waals surface area contributed by atoms with Crippen molar-refractivity contribution in [2.45, 2.75) is 18.9 Å². The summed E-state index contributed by atoms with van der Waals surface area (Å²) < 4.78 is 11.4. The van der Waals surface area contributed by atoms with E-state index in [2.05, 4.69) is 28.1 Å². The fraction of sp³-hybridized carbons (Fsp3) is 0.316. The summed E-state index contributed by atoms with van der Waals surface area (Å²) in [4.78, 5) is 14.8. The molecule has 0 saturated carbocycles. The smallest absolute Gasteiger partial charge is 0.254 e. The summed E-state index contributed by atoms with van der Waals surface area (Å²) in [5.41, 5.74) is 3.12. The van der Waals surface area contributed by atoms with E-state index in [1.807, 2.05) is 24.1 Å². The minimum absolute atomic E-state index is 0.0409. The van der Waals surface area contributed by atoms with Gasteiger partial charge in [0, 0.05) is 12.6 Å². The van der Waals surface area contributed by atoms with E-state index in [1.54, 1.807) is 26.4 Å². The molecule has 0 aliphatic heterocycles. The molecule has 1 aliphatic rings. The highest BCUT2D eigenvalue weighted by Gasteiger charge is 2.29. The highest BCUT2D eigenvalue weighted by molar-refractivity contribution is 9.10. The predicted molar refractivity (Wildman–Crippen MR) is 96.8 cm³/mol. The number of amides is 1. The fourth-order valence-corrected chi connectivity index (χ4v) is 3.83. The highest BCUT2D eigenvalue weighted by atomic mass is 79.9. The van der Waals surface area contributed by atoms with Crippen LogP contribution >= 0.6 is 15.9 Å². The lowest BCUT2D eigenvalue weighted by Gasteiger charge is -2.26. The molecule has 0 N–H and O–H groups in total. The number of nitrogens with zero attached hydrogens (tertiary/aromatic N) is 1. The van der Waals surface area contributed by atoms with Crippen molar-refractivity contribution in [2.75, 3.05) is 21.3 Å². The first-order valence-electron chi connectivity index (χ1n) is 7.83. The van der Waals surface area contributed by atoms with Crippen molar-refractivity contribution in [3.8, 4) is 11.5 Å². The molecule has 0 aromatic heterocycles. The van der Waals surface area contributed by atoms with E-state index in [0.29, 0.717) is 21.5 Å². The molecule has 0 spiro atoms. The molecule has 1 aliphatic carbocycles. The molecule has 0 fully saturated rings. The van der Waals surface area contributed by atoms with Crippen LogP contribution in [-0.2, 0) is 6.42 Å². The fourth-order valence-electron chi connectivity index (χ4n) is 3.27. The number of hydrogen-bond acceptors (Lipinski definition) is 3. The van der Waals surface area contributed by atoms with Gasteiger partial charge in [-0.1, -0.05) is 24.3 Å². The van der Waals surface area contributed by atoms with Crippen LogP contribution < -0.4 is 9.47 Å². The zero-order valence-corrected chi connectivity index (χ0v) is 15.6. The van der Waals surface area contributed by atoms with E-state index in [9.17, 15) is 4.79 Å². The molecule has 126 valence electrons. The Hall–Kier alpha value is -2.01. The average molecular weight is 390 g/mol. The van der Waals surface area contributed by atoms with Gasteiger partial charge in [-0.25, -0.2) is 0 Å².